The molecule has 2 aliphatic heterocycles. The van der Waals surface area contributed by atoms with E-state index in [1.165, 1.54) is 18.2 Å². The third-order valence-electron chi connectivity index (χ3n) is 6.30. The second-order valence-corrected chi connectivity index (χ2v) is 9.07. The number of hydrogen-bond donors (Lipinski definition) is 1. The normalized spacial score (nSPS) is 16.4. The maximum atomic E-state index is 13.6. The van der Waals surface area contributed by atoms with Crippen LogP contribution in [0.1, 0.15) is 34.6 Å². The topological polar surface area (TPSA) is 82.2 Å². The Hall–Kier alpha value is -3.46. The second kappa shape index (κ2) is 10.9. The molecular formula is C26H31FN4O4. The number of halogens is 1. The Morgan fingerprint density at radius 1 is 0.886 bits per heavy atom. The van der Waals surface area contributed by atoms with Crippen LogP contribution in [0.25, 0.3) is 0 Å². The van der Waals surface area contributed by atoms with Gasteiger partial charge < -0.3 is 24.8 Å². The number of rotatable bonds is 5. The predicted octanol–water partition coefficient (Wildman–Crippen LogP) is 2.86. The van der Waals surface area contributed by atoms with Gasteiger partial charge in [0.15, 0.2) is 0 Å². The van der Waals surface area contributed by atoms with Crippen LogP contribution in [-0.2, 0) is 9.53 Å². The second-order valence-electron chi connectivity index (χ2n) is 9.07. The molecule has 0 bridgehead atoms. The van der Waals surface area contributed by atoms with Crippen molar-refractivity contribution in [3.8, 4) is 0 Å². The van der Waals surface area contributed by atoms with Gasteiger partial charge in [-0.1, -0.05) is 19.9 Å². The Kier molecular flexibility index (Phi) is 7.65. The molecule has 2 aromatic carbocycles. The minimum absolute atomic E-state index is 0.109. The number of nitrogens with one attached hydrogen (secondary N) is 1. The van der Waals surface area contributed by atoms with Crippen LogP contribution >= 0.6 is 0 Å². The van der Waals surface area contributed by atoms with Crippen molar-refractivity contribution in [3.63, 3.8) is 0 Å². The number of carbonyl (C=O) groups is 3. The lowest BCUT2D eigenvalue weighted by molar-refractivity contribution is -0.118. The maximum absolute atomic E-state index is 13.6. The molecule has 35 heavy (non-hydrogen) atoms. The Bertz CT molecular complexity index is 1090. The average Bonchev–Trinajstić information content (AvgIpc) is 2.88. The first-order valence-electron chi connectivity index (χ1n) is 11.9. The minimum atomic E-state index is -0.439. The quantitative estimate of drug-likeness (QED) is 0.709. The fourth-order valence-electron chi connectivity index (χ4n) is 4.24. The molecule has 0 unspecified atom stereocenters. The smallest absolute Gasteiger partial charge is 0.256 e. The summed E-state index contributed by atoms with van der Waals surface area (Å²) in [5.74, 6) is -1.06. The summed E-state index contributed by atoms with van der Waals surface area (Å²) in [5, 5.41) is 2.88. The summed E-state index contributed by atoms with van der Waals surface area (Å²) >= 11 is 0. The number of amides is 3. The third-order valence-corrected chi connectivity index (χ3v) is 6.30. The first-order chi connectivity index (χ1) is 16.8. The minimum Gasteiger partial charge on any atom is -0.378 e. The zero-order valence-electron chi connectivity index (χ0n) is 20.1. The summed E-state index contributed by atoms with van der Waals surface area (Å²) in [6, 6.07) is 11.1. The van der Waals surface area contributed by atoms with E-state index in [0.717, 1.165) is 5.69 Å². The molecule has 2 fully saturated rings. The van der Waals surface area contributed by atoms with Crippen molar-refractivity contribution in [1.82, 2.24) is 9.80 Å². The van der Waals surface area contributed by atoms with Crippen LogP contribution in [0.2, 0.25) is 0 Å². The van der Waals surface area contributed by atoms with Crippen LogP contribution < -0.4 is 10.2 Å². The summed E-state index contributed by atoms with van der Waals surface area (Å²) in [7, 11) is 0. The molecule has 4 rings (SSSR count). The van der Waals surface area contributed by atoms with Gasteiger partial charge in [-0.25, -0.2) is 4.39 Å². The summed E-state index contributed by atoms with van der Waals surface area (Å²) in [5.41, 5.74) is 2.18. The predicted molar refractivity (Wildman–Crippen MR) is 131 cm³/mol. The Balaban J connectivity index is 1.53. The highest BCUT2D eigenvalue weighted by molar-refractivity contribution is 6.02. The van der Waals surface area contributed by atoms with Crippen LogP contribution in [0.5, 0.6) is 0 Å². The molecule has 8 nitrogen and oxygen atoms in total. The number of benzene rings is 2. The highest BCUT2D eigenvalue weighted by atomic mass is 19.1. The summed E-state index contributed by atoms with van der Waals surface area (Å²) in [6.45, 7) is 7.59. The number of hydrogen-bond acceptors (Lipinski definition) is 5. The van der Waals surface area contributed by atoms with Gasteiger partial charge in [0.1, 0.15) is 5.82 Å². The standard InChI is InChI=1S/C26H31FN4O4/c1-18(2)24(32)28-21-6-7-23(22(17-21)26(34)31-12-14-35-15-13-31)29-8-10-30(11-9-29)25(33)19-4-3-5-20(27)16-19/h3-7,16-18H,8-15H2,1-2H3,(H,28,32). The van der Waals surface area contributed by atoms with Crippen LogP contribution in [-0.4, -0.2) is 80.0 Å². The van der Waals surface area contributed by atoms with Gasteiger partial charge in [0.2, 0.25) is 5.91 Å². The van der Waals surface area contributed by atoms with E-state index in [1.54, 1.807) is 28.0 Å². The average molecular weight is 483 g/mol. The van der Waals surface area contributed by atoms with Gasteiger partial charge in [0, 0.05) is 62.1 Å². The van der Waals surface area contributed by atoms with E-state index in [4.69, 9.17) is 4.74 Å². The molecular weight excluding hydrogens is 451 g/mol. The number of carbonyl (C=O) groups excluding carboxylic acids is 3. The van der Waals surface area contributed by atoms with Gasteiger partial charge in [-0.15, -0.1) is 0 Å². The van der Waals surface area contributed by atoms with Gasteiger partial charge in [-0.3, -0.25) is 14.4 Å². The Labute approximate surface area is 204 Å². The first-order valence-corrected chi connectivity index (χ1v) is 11.9. The molecule has 2 heterocycles. The lowest BCUT2D eigenvalue weighted by Crippen LogP contribution is -2.49. The molecule has 0 saturated carbocycles. The Morgan fingerprint density at radius 3 is 2.23 bits per heavy atom. The van der Waals surface area contributed by atoms with E-state index in [0.29, 0.717) is 69.3 Å². The van der Waals surface area contributed by atoms with Gasteiger partial charge in [0.25, 0.3) is 11.8 Å². The molecule has 0 atom stereocenters. The molecule has 1 N–H and O–H groups in total. The van der Waals surface area contributed by atoms with Crippen LogP contribution in [0.4, 0.5) is 15.8 Å². The molecule has 9 heteroatoms. The SMILES string of the molecule is CC(C)C(=O)Nc1ccc(N2CCN(C(=O)c3cccc(F)c3)CC2)c(C(=O)N2CCOCC2)c1. The molecule has 3 amide bonds. The van der Waals surface area contributed by atoms with Crippen molar-refractivity contribution < 1.29 is 23.5 Å². The van der Waals surface area contributed by atoms with Crippen molar-refractivity contribution in [2.45, 2.75) is 13.8 Å². The largest absolute Gasteiger partial charge is 0.378 e. The van der Waals surface area contributed by atoms with E-state index in [1.807, 2.05) is 19.9 Å². The number of morpholine rings is 1. The number of piperazine rings is 1. The number of ether oxygens (including phenoxy) is 1. The monoisotopic (exact) mass is 482 g/mol. The van der Waals surface area contributed by atoms with Crippen molar-refractivity contribution >= 4 is 29.1 Å². The fraction of sp³-hybridized carbons (Fsp3) is 0.423. The van der Waals surface area contributed by atoms with E-state index in [-0.39, 0.29) is 23.6 Å². The zero-order chi connectivity index (χ0) is 24.9. The lowest BCUT2D eigenvalue weighted by Gasteiger charge is -2.37. The first kappa shape index (κ1) is 24.7. The molecule has 186 valence electrons. The van der Waals surface area contributed by atoms with E-state index >= 15 is 0 Å². The van der Waals surface area contributed by atoms with Crippen LogP contribution in [0, 0.1) is 11.7 Å². The van der Waals surface area contributed by atoms with E-state index in [2.05, 4.69) is 10.2 Å². The zero-order valence-corrected chi connectivity index (χ0v) is 20.1. The molecule has 2 aromatic rings. The molecule has 2 aliphatic rings. The van der Waals surface area contributed by atoms with E-state index in [9.17, 15) is 18.8 Å². The highest BCUT2D eigenvalue weighted by Gasteiger charge is 2.28. The van der Waals surface area contributed by atoms with Crippen molar-refractivity contribution in [1.29, 1.82) is 0 Å². The summed E-state index contributed by atoms with van der Waals surface area (Å²) in [4.78, 5) is 44.0. The molecule has 0 aromatic heterocycles. The Morgan fingerprint density at radius 2 is 1.57 bits per heavy atom. The molecule has 0 radical (unpaired) electrons. The molecule has 0 aliphatic carbocycles. The van der Waals surface area contributed by atoms with Crippen molar-refractivity contribution in [2.24, 2.45) is 5.92 Å². The van der Waals surface area contributed by atoms with Crippen LogP contribution in [0.3, 0.4) is 0 Å². The molecule has 0 spiro atoms. The van der Waals surface area contributed by atoms with Gasteiger partial charge in [0.05, 0.1) is 18.8 Å². The summed E-state index contributed by atoms with van der Waals surface area (Å²) < 4.78 is 18.9. The highest BCUT2D eigenvalue weighted by Crippen LogP contribution is 2.28. The fourth-order valence-corrected chi connectivity index (χ4v) is 4.24. The number of nitrogens with zero attached hydrogens (tertiary/aromatic N) is 3. The van der Waals surface area contributed by atoms with Gasteiger partial charge in [-0.05, 0) is 36.4 Å². The van der Waals surface area contributed by atoms with Crippen molar-refractivity contribution in [3.05, 3.63) is 59.4 Å². The van der Waals surface area contributed by atoms with Gasteiger partial charge >= 0.3 is 0 Å². The number of anilines is 2. The van der Waals surface area contributed by atoms with Crippen LogP contribution in [0.15, 0.2) is 42.5 Å². The van der Waals surface area contributed by atoms with E-state index < -0.39 is 5.82 Å². The van der Waals surface area contributed by atoms with Gasteiger partial charge in [-0.2, -0.15) is 0 Å². The van der Waals surface area contributed by atoms with Crippen molar-refractivity contribution in [2.75, 3.05) is 62.7 Å². The lowest BCUT2D eigenvalue weighted by atomic mass is 10.1. The summed E-state index contributed by atoms with van der Waals surface area (Å²) in [6.07, 6.45) is 0. The maximum Gasteiger partial charge on any atom is 0.256 e. The molecule has 2 saturated heterocycles. The third kappa shape index (κ3) is 5.79.